The third kappa shape index (κ3) is 31.4. The minimum absolute atomic E-state index is 0.0908. The minimum atomic E-state index is -0.0908. The van der Waals surface area contributed by atoms with Gasteiger partial charge >= 0.3 is 5.97 Å². The third-order valence-electron chi connectivity index (χ3n) is 6.99. The second-order valence-electron chi connectivity index (χ2n) is 10.6. The van der Waals surface area contributed by atoms with Crippen LogP contribution in [0.4, 0.5) is 0 Å². The summed E-state index contributed by atoms with van der Waals surface area (Å²) in [5.74, 6) is -0.0908. The Balaban J connectivity index is 3.10. The summed E-state index contributed by atoms with van der Waals surface area (Å²) >= 11 is 0. The van der Waals surface area contributed by atoms with Crippen molar-refractivity contribution in [2.45, 2.75) is 168 Å². The second-order valence-corrected chi connectivity index (χ2v) is 10.6. The first-order valence-electron chi connectivity index (χ1n) is 16.1. The zero-order chi connectivity index (χ0) is 26.2. The zero-order valence-electron chi connectivity index (χ0n) is 24.6. The lowest BCUT2D eigenvalue weighted by molar-refractivity contribution is -0.145. The van der Waals surface area contributed by atoms with Crippen molar-refractivity contribution >= 4 is 5.97 Å². The van der Waals surface area contributed by atoms with Gasteiger partial charge in [0.05, 0.1) is 19.8 Å². The molecule has 4 heteroatoms. The number of esters is 1. The number of ether oxygens (including phenoxy) is 3. The number of unbranched alkanes of at least 4 members (excludes halogenated alkanes) is 21. The van der Waals surface area contributed by atoms with Crippen molar-refractivity contribution in [2.24, 2.45) is 0 Å². The molecule has 0 saturated carbocycles. The van der Waals surface area contributed by atoms with E-state index in [1.807, 2.05) is 0 Å². The van der Waals surface area contributed by atoms with Gasteiger partial charge in [0.15, 0.2) is 0 Å². The van der Waals surface area contributed by atoms with Crippen molar-refractivity contribution in [3.05, 3.63) is 0 Å². The standard InChI is InChI=1S/C32H64O4/c1-3-5-7-9-11-12-13-14-15-16-17-18-19-21-23-25-27-34-28-29-35-30-31-36-32(33)26-24-22-20-10-8-6-4-2/h3-31H2,1-2H3. The summed E-state index contributed by atoms with van der Waals surface area (Å²) in [6, 6.07) is 0. The predicted octanol–water partition coefficient (Wildman–Crippen LogP) is 9.96. The highest BCUT2D eigenvalue weighted by Gasteiger charge is 2.02. The predicted molar refractivity (Wildman–Crippen MR) is 155 cm³/mol. The number of rotatable bonds is 31. The first-order valence-corrected chi connectivity index (χ1v) is 16.1. The van der Waals surface area contributed by atoms with E-state index in [0.717, 1.165) is 25.9 Å². The van der Waals surface area contributed by atoms with Crippen LogP contribution >= 0.6 is 0 Å². The van der Waals surface area contributed by atoms with Crippen molar-refractivity contribution in [3.63, 3.8) is 0 Å². The van der Waals surface area contributed by atoms with Crippen LogP contribution in [0.2, 0.25) is 0 Å². The van der Waals surface area contributed by atoms with E-state index in [1.54, 1.807) is 0 Å². The van der Waals surface area contributed by atoms with Gasteiger partial charge in [-0.25, -0.2) is 0 Å². The molecule has 0 aromatic rings. The lowest BCUT2D eigenvalue weighted by Crippen LogP contribution is -2.13. The molecule has 0 spiro atoms. The quantitative estimate of drug-likeness (QED) is 0.0684. The Labute approximate surface area is 226 Å². The molecule has 0 aliphatic heterocycles. The highest BCUT2D eigenvalue weighted by molar-refractivity contribution is 5.69. The van der Waals surface area contributed by atoms with Crippen LogP contribution in [0.25, 0.3) is 0 Å². The first kappa shape index (κ1) is 35.4. The van der Waals surface area contributed by atoms with Crippen molar-refractivity contribution in [3.8, 4) is 0 Å². The average Bonchev–Trinajstić information content (AvgIpc) is 2.88. The summed E-state index contributed by atoms with van der Waals surface area (Å²) in [6.07, 6.45) is 31.3. The molecule has 0 amide bonds. The van der Waals surface area contributed by atoms with E-state index in [4.69, 9.17) is 14.2 Å². The van der Waals surface area contributed by atoms with Crippen molar-refractivity contribution in [1.82, 2.24) is 0 Å². The molecule has 0 atom stereocenters. The Bertz CT molecular complexity index is 413. The second kappa shape index (κ2) is 32.4. The largest absolute Gasteiger partial charge is 0.463 e. The fourth-order valence-corrected chi connectivity index (χ4v) is 4.59. The van der Waals surface area contributed by atoms with Gasteiger partial charge in [-0.3, -0.25) is 4.79 Å². The van der Waals surface area contributed by atoms with Crippen molar-refractivity contribution in [1.29, 1.82) is 0 Å². The molecule has 4 nitrogen and oxygen atoms in total. The molecule has 0 fully saturated rings. The summed E-state index contributed by atoms with van der Waals surface area (Å²) in [5, 5.41) is 0. The number of hydrogen-bond donors (Lipinski definition) is 0. The molecule has 0 unspecified atom stereocenters. The van der Waals surface area contributed by atoms with E-state index in [9.17, 15) is 4.79 Å². The maximum atomic E-state index is 11.7. The molecule has 216 valence electrons. The van der Waals surface area contributed by atoms with Gasteiger partial charge < -0.3 is 14.2 Å². The molecule has 0 N–H and O–H groups in total. The maximum absolute atomic E-state index is 11.7. The summed E-state index contributed by atoms with van der Waals surface area (Å²) < 4.78 is 16.4. The van der Waals surface area contributed by atoms with Gasteiger partial charge in [-0.15, -0.1) is 0 Å². The molecule has 0 heterocycles. The number of carbonyl (C=O) groups is 1. The van der Waals surface area contributed by atoms with Crippen LogP contribution in [0.5, 0.6) is 0 Å². The van der Waals surface area contributed by atoms with Crippen LogP contribution in [0, 0.1) is 0 Å². The molecule has 0 bridgehead atoms. The van der Waals surface area contributed by atoms with Crippen LogP contribution in [0.15, 0.2) is 0 Å². The van der Waals surface area contributed by atoms with E-state index in [1.165, 1.54) is 128 Å². The molecule has 0 radical (unpaired) electrons. The molecule has 0 saturated heterocycles. The Morgan fingerprint density at radius 1 is 0.389 bits per heavy atom. The van der Waals surface area contributed by atoms with E-state index in [2.05, 4.69) is 13.8 Å². The minimum Gasteiger partial charge on any atom is -0.463 e. The molecule has 0 rings (SSSR count). The third-order valence-corrected chi connectivity index (χ3v) is 6.99. The van der Waals surface area contributed by atoms with Gasteiger partial charge in [0, 0.05) is 13.0 Å². The zero-order valence-corrected chi connectivity index (χ0v) is 24.6. The molecule has 0 aromatic carbocycles. The smallest absolute Gasteiger partial charge is 0.305 e. The summed E-state index contributed by atoms with van der Waals surface area (Å²) in [6.45, 7) is 7.37. The number of hydrogen-bond acceptors (Lipinski definition) is 4. The van der Waals surface area contributed by atoms with Crippen LogP contribution in [-0.4, -0.2) is 39.0 Å². The van der Waals surface area contributed by atoms with Gasteiger partial charge in [-0.1, -0.05) is 149 Å². The SMILES string of the molecule is CCCCCCCCCCCCCCCCCCOCCOCCOC(=O)CCCCCCCCC. The maximum Gasteiger partial charge on any atom is 0.305 e. The summed E-state index contributed by atoms with van der Waals surface area (Å²) in [5.41, 5.74) is 0. The Hall–Kier alpha value is -0.610. The highest BCUT2D eigenvalue weighted by Crippen LogP contribution is 2.14. The monoisotopic (exact) mass is 512 g/mol. The Morgan fingerprint density at radius 2 is 0.722 bits per heavy atom. The Morgan fingerprint density at radius 3 is 1.17 bits per heavy atom. The Kier molecular flexibility index (Phi) is 31.9. The fraction of sp³-hybridized carbons (Fsp3) is 0.969. The molecule has 36 heavy (non-hydrogen) atoms. The van der Waals surface area contributed by atoms with Gasteiger partial charge in [0.1, 0.15) is 6.61 Å². The van der Waals surface area contributed by atoms with E-state index in [0.29, 0.717) is 32.8 Å². The fourth-order valence-electron chi connectivity index (χ4n) is 4.59. The average molecular weight is 513 g/mol. The summed E-state index contributed by atoms with van der Waals surface area (Å²) in [4.78, 5) is 11.7. The van der Waals surface area contributed by atoms with Crippen molar-refractivity contribution in [2.75, 3.05) is 33.0 Å². The van der Waals surface area contributed by atoms with E-state index < -0.39 is 0 Å². The molecular weight excluding hydrogens is 448 g/mol. The van der Waals surface area contributed by atoms with E-state index in [-0.39, 0.29) is 5.97 Å². The van der Waals surface area contributed by atoms with Crippen LogP contribution < -0.4 is 0 Å². The van der Waals surface area contributed by atoms with Crippen LogP contribution in [0.1, 0.15) is 168 Å². The molecule has 0 aliphatic carbocycles. The molecule has 0 aromatic heterocycles. The first-order chi connectivity index (χ1) is 17.8. The van der Waals surface area contributed by atoms with Crippen molar-refractivity contribution < 1.29 is 19.0 Å². The van der Waals surface area contributed by atoms with E-state index >= 15 is 0 Å². The lowest BCUT2D eigenvalue weighted by atomic mass is 10.0. The normalized spacial score (nSPS) is 11.3. The molecule has 0 aliphatic rings. The molecular formula is C32H64O4. The van der Waals surface area contributed by atoms with Gasteiger partial charge in [-0.05, 0) is 12.8 Å². The van der Waals surface area contributed by atoms with Gasteiger partial charge in [-0.2, -0.15) is 0 Å². The lowest BCUT2D eigenvalue weighted by Gasteiger charge is -2.07. The highest BCUT2D eigenvalue weighted by atomic mass is 16.6. The summed E-state index contributed by atoms with van der Waals surface area (Å²) in [7, 11) is 0. The number of carbonyl (C=O) groups excluding carboxylic acids is 1. The topological polar surface area (TPSA) is 44.8 Å². The van der Waals surface area contributed by atoms with Crippen LogP contribution in [-0.2, 0) is 19.0 Å². The van der Waals surface area contributed by atoms with Crippen LogP contribution in [0.3, 0.4) is 0 Å². The van der Waals surface area contributed by atoms with Gasteiger partial charge in [0.25, 0.3) is 0 Å². The van der Waals surface area contributed by atoms with Gasteiger partial charge in [0.2, 0.25) is 0 Å².